The Balaban J connectivity index is 1.72. The Kier molecular flexibility index (Phi) is 5.16. The fourth-order valence-electron chi connectivity index (χ4n) is 3.42. The van der Waals surface area contributed by atoms with Gasteiger partial charge in [0.05, 0.1) is 7.11 Å². The first-order valence-corrected chi connectivity index (χ1v) is 8.96. The molecule has 0 radical (unpaired) electrons. The Morgan fingerprint density at radius 3 is 2.69 bits per heavy atom. The molecule has 0 atom stereocenters. The summed E-state index contributed by atoms with van der Waals surface area (Å²) in [5.74, 6) is 0.150. The van der Waals surface area contributed by atoms with Crippen LogP contribution >= 0.6 is 0 Å². The Morgan fingerprint density at radius 2 is 1.90 bits per heavy atom. The maximum absolute atomic E-state index is 14.2. The number of nitrogens with zero attached hydrogens (tertiary/aromatic N) is 4. The SMILES string of the molecule is COc1cccc(F)c1CCc1ccc(-c2cccnc2C(F)F)c2nncn12. The van der Waals surface area contributed by atoms with Crippen molar-refractivity contribution in [2.75, 3.05) is 7.11 Å². The number of fused-ring (bicyclic) bond motifs is 1. The van der Waals surface area contributed by atoms with Gasteiger partial charge in [-0.1, -0.05) is 12.1 Å². The van der Waals surface area contributed by atoms with Gasteiger partial charge >= 0.3 is 0 Å². The Labute approximate surface area is 164 Å². The summed E-state index contributed by atoms with van der Waals surface area (Å²) in [7, 11) is 1.50. The van der Waals surface area contributed by atoms with Crippen molar-refractivity contribution >= 4 is 5.65 Å². The van der Waals surface area contributed by atoms with E-state index in [9.17, 15) is 13.2 Å². The Bertz CT molecular complexity index is 1160. The molecule has 1 aromatic carbocycles. The first-order chi connectivity index (χ1) is 14.1. The average molecular weight is 398 g/mol. The number of aromatic nitrogens is 4. The van der Waals surface area contributed by atoms with Gasteiger partial charge in [-0.25, -0.2) is 13.2 Å². The molecule has 0 saturated carbocycles. The highest BCUT2D eigenvalue weighted by Crippen LogP contribution is 2.32. The van der Waals surface area contributed by atoms with E-state index in [2.05, 4.69) is 15.2 Å². The van der Waals surface area contributed by atoms with Gasteiger partial charge in [0.2, 0.25) is 0 Å². The number of rotatable bonds is 6. The van der Waals surface area contributed by atoms with E-state index in [4.69, 9.17) is 4.74 Å². The molecule has 0 bridgehead atoms. The number of benzene rings is 1. The monoisotopic (exact) mass is 398 g/mol. The molecule has 0 fully saturated rings. The van der Waals surface area contributed by atoms with E-state index in [1.807, 2.05) is 0 Å². The van der Waals surface area contributed by atoms with Gasteiger partial charge in [0.25, 0.3) is 6.43 Å². The van der Waals surface area contributed by atoms with Crippen molar-refractivity contribution in [2.24, 2.45) is 0 Å². The van der Waals surface area contributed by atoms with E-state index < -0.39 is 6.43 Å². The van der Waals surface area contributed by atoms with Crippen LogP contribution in [0, 0.1) is 5.82 Å². The third-order valence-corrected chi connectivity index (χ3v) is 4.80. The van der Waals surface area contributed by atoms with Crippen molar-refractivity contribution in [1.29, 1.82) is 0 Å². The van der Waals surface area contributed by atoms with Crippen LogP contribution in [0.5, 0.6) is 5.75 Å². The molecule has 3 aromatic heterocycles. The first-order valence-electron chi connectivity index (χ1n) is 8.96. The predicted molar refractivity (Wildman–Crippen MR) is 102 cm³/mol. The molecule has 0 amide bonds. The van der Waals surface area contributed by atoms with Crippen LogP contribution in [-0.2, 0) is 12.8 Å². The standard InChI is InChI=1S/C21H17F3N4O/c1-29-18-6-2-5-17(22)16(18)10-8-13-7-9-15(21-27-26-12-28(13)21)14-4-3-11-25-19(14)20(23)24/h2-7,9,11-12,20H,8,10H2,1H3. The molecule has 0 aliphatic rings. The highest BCUT2D eigenvalue weighted by Gasteiger charge is 2.19. The van der Waals surface area contributed by atoms with Crippen LogP contribution in [-0.4, -0.2) is 26.7 Å². The van der Waals surface area contributed by atoms with Crippen LogP contribution in [0.15, 0.2) is 55.0 Å². The lowest BCUT2D eigenvalue weighted by Gasteiger charge is -2.13. The lowest BCUT2D eigenvalue weighted by Crippen LogP contribution is -2.04. The number of alkyl halides is 2. The van der Waals surface area contributed by atoms with Gasteiger partial charge in [-0.15, -0.1) is 10.2 Å². The highest BCUT2D eigenvalue weighted by atomic mass is 19.3. The second-order valence-electron chi connectivity index (χ2n) is 6.42. The summed E-state index contributed by atoms with van der Waals surface area (Å²) in [5.41, 5.74) is 2.26. The third kappa shape index (κ3) is 3.53. The van der Waals surface area contributed by atoms with Crippen LogP contribution in [0.3, 0.4) is 0 Å². The summed E-state index contributed by atoms with van der Waals surface area (Å²) in [6.07, 6.45) is 1.04. The van der Waals surface area contributed by atoms with Gasteiger partial charge in [0.15, 0.2) is 5.65 Å². The van der Waals surface area contributed by atoms with Crippen molar-refractivity contribution in [3.8, 4) is 16.9 Å². The quantitative estimate of drug-likeness (QED) is 0.474. The number of halogens is 3. The predicted octanol–water partition coefficient (Wildman–Crippen LogP) is 4.66. The lowest BCUT2D eigenvalue weighted by atomic mass is 10.0. The Morgan fingerprint density at radius 1 is 1.03 bits per heavy atom. The van der Waals surface area contributed by atoms with Crippen molar-refractivity contribution in [1.82, 2.24) is 19.6 Å². The minimum atomic E-state index is -2.71. The largest absolute Gasteiger partial charge is 0.496 e. The van der Waals surface area contributed by atoms with Crippen LogP contribution in [0.2, 0.25) is 0 Å². The summed E-state index contributed by atoms with van der Waals surface area (Å²) in [4.78, 5) is 3.81. The van der Waals surface area contributed by atoms with Crippen molar-refractivity contribution in [3.05, 3.63) is 77.8 Å². The minimum Gasteiger partial charge on any atom is -0.496 e. The van der Waals surface area contributed by atoms with Crippen LogP contribution < -0.4 is 4.74 Å². The van der Waals surface area contributed by atoms with E-state index in [0.29, 0.717) is 40.9 Å². The summed E-state index contributed by atoms with van der Waals surface area (Å²) < 4.78 is 48.0. The zero-order chi connectivity index (χ0) is 20.4. The molecule has 4 rings (SSSR count). The zero-order valence-electron chi connectivity index (χ0n) is 15.5. The molecule has 0 N–H and O–H groups in total. The second-order valence-corrected chi connectivity index (χ2v) is 6.42. The molecule has 0 saturated heterocycles. The molecule has 0 aliphatic heterocycles. The summed E-state index contributed by atoms with van der Waals surface area (Å²) in [6.45, 7) is 0. The normalized spacial score (nSPS) is 11.3. The van der Waals surface area contributed by atoms with Gasteiger partial charge < -0.3 is 4.74 Å². The summed E-state index contributed by atoms with van der Waals surface area (Å²) in [5, 5.41) is 8.04. The summed E-state index contributed by atoms with van der Waals surface area (Å²) >= 11 is 0. The van der Waals surface area contributed by atoms with Gasteiger partial charge in [0.1, 0.15) is 23.6 Å². The molecular formula is C21H17F3N4O. The molecule has 3 heterocycles. The number of hydrogen-bond donors (Lipinski definition) is 0. The molecule has 0 unspecified atom stereocenters. The smallest absolute Gasteiger partial charge is 0.280 e. The van der Waals surface area contributed by atoms with Crippen LogP contribution in [0.25, 0.3) is 16.8 Å². The third-order valence-electron chi connectivity index (χ3n) is 4.80. The van der Waals surface area contributed by atoms with Crippen molar-refractivity contribution in [3.63, 3.8) is 0 Å². The number of pyridine rings is 2. The molecule has 8 heteroatoms. The van der Waals surface area contributed by atoms with E-state index in [0.717, 1.165) is 5.69 Å². The maximum Gasteiger partial charge on any atom is 0.280 e. The topological polar surface area (TPSA) is 52.3 Å². The number of hydrogen-bond acceptors (Lipinski definition) is 4. The zero-order valence-corrected chi connectivity index (χ0v) is 15.5. The maximum atomic E-state index is 14.2. The van der Waals surface area contributed by atoms with Gasteiger partial charge in [-0.05, 0) is 43.2 Å². The number of ether oxygens (including phenoxy) is 1. The molecule has 148 valence electrons. The van der Waals surface area contributed by atoms with Gasteiger partial charge in [0, 0.05) is 28.6 Å². The molecule has 5 nitrogen and oxygen atoms in total. The second kappa shape index (κ2) is 7.90. The van der Waals surface area contributed by atoms with Crippen LogP contribution in [0.1, 0.15) is 23.4 Å². The van der Waals surface area contributed by atoms with E-state index >= 15 is 0 Å². The van der Waals surface area contributed by atoms with E-state index in [1.165, 1.54) is 25.7 Å². The van der Waals surface area contributed by atoms with Crippen LogP contribution in [0.4, 0.5) is 13.2 Å². The van der Waals surface area contributed by atoms with Gasteiger partial charge in [-0.2, -0.15) is 0 Å². The number of aryl methyl sites for hydroxylation is 1. The lowest BCUT2D eigenvalue weighted by molar-refractivity contribution is 0.147. The van der Waals surface area contributed by atoms with Crippen molar-refractivity contribution in [2.45, 2.75) is 19.3 Å². The molecular weight excluding hydrogens is 381 g/mol. The first kappa shape index (κ1) is 18.9. The number of methoxy groups -OCH3 is 1. The van der Waals surface area contributed by atoms with E-state index in [1.54, 1.807) is 40.8 Å². The molecule has 4 aromatic rings. The minimum absolute atomic E-state index is 0.304. The van der Waals surface area contributed by atoms with E-state index in [-0.39, 0.29) is 11.5 Å². The Hall–Kier alpha value is -3.42. The fraction of sp³-hybridized carbons (Fsp3) is 0.190. The highest BCUT2D eigenvalue weighted by molar-refractivity contribution is 5.79. The summed E-state index contributed by atoms with van der Waals surface area (Å²) in [6, 6.07) is 11.4. The van der Waals surface area contributed by atoms with Crippen molar-refractivity contribution < 1.29 is 17.9 Å². The molecule has 29 heavy (non-hydrogen) atoms. The average Bonchev–Trinajstić information content (AvgIpc) is 3.22. The fourth-order valence-corrected chi connectivity index (χ4v) is 3.42. The molecule has 0 spiro atoms. The van der Waals surface area contributed by atoms with Gasteiger partial charge in [-0.3, -0.25) is 9.38 Å². The molecule has 0 aliphatic carbocycles.